The fourth-order valence-electron chi connectivity index (χ4n) is 0.575. The molecule has 1 aromatic rings. The molecule has 5 N–H and O–H groups in total. The van der Waals surface area contributed by atoms with Gasteiger partial charge in [0, 0.05) is 0 Å². The Bertz CT molecular complexity index is 302. The summed E-state index contributed by atoms with van der Waals surface area (Å²) in [5, 5.41) is 21.6. The number of aromatic amines is 1. The van der Waals surface area contributed by atoms with Crippen LogP contribution in [-0.2, 0) is 0 Å². The van der Waals surface area contributed by atoms with Crippen LogP contribution in [0.25, 0.3) is 0 Å². The number of H-pyrrole nitrogens is 1. The molecular formula is C5H6N2O7. The lowest BCUT2D eigenvalue weighted by molar-refractivity contribution is 0.142. The Balaban J connectivity index is 0.00000169. The lowest BCUT2D eigenvalue weighted by Gasteiger charge is -1.90. The van der Waals surface area contributed by atoms with E-state index in [0.29, 0.717) is 0 Å². The van der Waals surface area contributed by atoms with Crippen molar-refractivity contribution in [3.63, 3.8) is 0 Å². The highest BCUT2D eigenvalue weighted by molar-refractivity contribution is 5.62. The number of rotatable bonds is 2. The van der Waals surface area contributed by atoms with Gasteiger partial charge in [0.1, 0.15) is 0 Å². The minimum atomic E-state index is -1.55. The number of aromatic nitrogens is 2. The van der Waals surface area contributed by atoms with Gasteiger partial charge in [0.05, 0.1) is 6.07 Å². The van der Waals surface area contributed by atoms with E-state index in [0.717, 1.165) is 6.07 Å². The maximum atomic E-state index is 9.97. The second kappa shape index (κ2) is 4.67. The summed E-state index contributed by atoms with van der Waals surface area (Å²) < 4.78 is 8.18. The molecule has 0 atom stereocenters. The van der Waals surface area contributed by atoms with Crippen LogP contribution in [0.2, 0.25) is 0 Å². The average Bonchev–Trinajstić information content (AvgIpc) is 2.33. The van der Waals surface area contributed by atoms with Crippen LogP contribution in [0.1, 0.15) is 0 Å². The van der Waals surface area contributed by atoms with Gasteiger partial charge in [0.15, 0.2) is 0 Å². The van der Waals surface area contributed by atoms with Gasteiger partial charge in [-0.2, -0.15) is 0 Å². The number of hydrogen-bond acceptors (Lipinski definition) is 5. The van der Waals surface area contributed by atoms with Crippen molar-refractivity contribution in [1.29, 1.82) is 0 Å². The summed E-state index contributed by atoms with van der Waals surface area (Å²) in [4.78, 5) is 19.9. The first kappa shape index (κ1) is 11.7. The summed E-state index contributed by atoms with van der Waals surface area (Å²) >= 11 is 0. The number of nitrogens with zero attached hydrogens (tertiary/aromatic N) is 1. The minimum Gasteiger partial charge on any atom is -0.449 e. The molecule has 9 nitrogen and oxygen atoms in total. The molecule has 0 amide bonds. The van der Waals surface area contributed by atoms with Crippen LogP contribution < -0.4 is 9.47 Å². The van der Waals surface area contributed by atoms with E-state index >= 15 is 0 Å². The van der Waals surface area contributed by atoms with Crippen LogP contribution >= 0.6 is 0 Å². The molecule has 0 saturated heterocycles. The van der Waals surface area contributed by atoms with Crippen molar-refractivity contribution in [2.24, 2.45) is 0 Å². The van der Waals surface area contributed by atoms with E-state index in [-0.39, 0.29) is 17.2 Å². The van der Waals surface area contributed by atoms with Crippen molar-refractivity contribution < 1.29 is 34.8 Å². The molecule has 0 aliphatic carbocycles. The standard InChI is InChI=1S/C5H4N2O6.H2O/c8-4(9)12-2-1-3(7-6-2)13-5(10)11;/h1H,(H,6,7)(H,8,9)(H,10,11);1H2. The van der Waals surface area contributed by atoms with E-state index in [1.165, 1.54) is 0 Å². The lowest BCUT2D eigenvalue weighted by atomic mass is 10.6. The Kier molecular flexibility index (Phi) is 3.90. The zero-order valence-electron chi connectivity index (χ0n) is 6.55. The highest BCUT2D eigenvalue weighted by Crippen LogP contribution is 2.14. The molecule has 0 fully saturated rings. The summed E-state index contributed by atoms with van der Waals surface area (Å²) in [6.07, 6.45) is -3.08. The molecule has 1 rings (SSSR count). The molecule has 0 aromatic carbocycles. The number of nitrogens with one attached hydrogen (secondary N) is 1. The molecule has 14 heavy (non-hydrogen) atoms. The molecule has 0 radical (unpaired) electrons. The van der Waals surface area contributed by atoms with Gasteiger partial charge < -0.3 is 25.2 Å². The van der Waals surface area contributed by atoms with Crippen molar-refractivity contribution >= 4 is 12.3 Å². The first-order valence-electron chi connectivity index (χ1n) is 2.95. The van der Waals surface area contributed by atoms with Gasteiger partial charge in [-0.3, -0.25) is 0 Å². The smallest absolute Gasteiger partial charge is 0.449 e. The van der Waals surface area contributed by atoms with E-state index in [1.807, 2.05) is 0 Å². The first-order chi connectivity index (χ1) is 6.08. The third-order valence-electron chi connectivity index (χ3n) is 0.920. The summed E-state index contributed by atoms with van der Waals surface area (Å²) in [6.45, 7) is 0. The maximum absolute atomic E-state index is 9.97. The molecule has 1 heterocycles. The number of carbonyl (C=O) groups is 2. The van der Waals surface area contributed by atoms with Crippen LogP contribution in [0.4, 0.5) is 9.59 Å². The molecule has 0 aliphatic rings. The third kappa shape index (κ3) is 3.40. The molecule has 9 heteroatoms. The molecule has 1 aromatic heterocycles. The highest BCUT2D eigenvalue weighted by atomic mass is 16.7. The van der Waals surface area contributed by atoms with E-state index in [9.17, 15) is 9.59 Å². The van der Waals surface area contributed by atoms with Gasteiger partial charge in [0.25, 0.3) is 0 Å². The van der Waals surface area contributed by atoms with Gasteiger partial charge in [-0.05, 0) is 0 Å². The van der Waals surface area contributed by atoms with E-state index in [4.69, 9.17) is 10.2 Å². The molecule has 0 spiro atoms. The van der Waals surface area contributed by atoms with Crippen molar-refractivity contribution in [3.8, 4) is 11.8 Å². The van der Waals surface area contributed by atoms with Crippen LogP contribution in [0, 0.1) is 0 Å². The third-order valence-corrected chi connectivity index (χ3v) is 0.920. The lowest BCUT2D eigenvalue weighted by Crippen LogP contribution is -2.03. The molecular weight excluding hydrogens is 200 g/mol. The largest absolute Gasteiger partial charge is 0.512 e. The molecule has 0 unspecified atom stereocenters. The topological polar surface area (TPSA) is 153 Å². The number of ether oxygens (including phenoxy) is 2. The predicted molar refractivity (Wildman–Crippen MR) is 39.5 cm³/mol. The van der Waals surface area contributed by atoms with Crippen LogP contribution in [0.5, 0.6) is 11.8 Å². The second-order valence-electron chi connectivity index (χ2n) is 1.81. The molecule has 0 saturated carbocycles. The SMILES string of the molecule is O.O=C(O)Oc1cc(OC(=O)O)[nH]n1. The summed E-state index contributed by atoms with van der Waals surface area (Å²) in [5.74, 6) is -0.507. The second-order valence-corrected chi connectivity index (χ2v) is 1.81. The van der Waals surface area contributed by atoms with Gasteiger partial charge in [-0.1, -0.05) is 0 Å². The Morgan fingerprint density at radius 3 is 2.36 bits per heavy atom. The monoisotopic (exact) mass is 206 g/mol. The summed E-state index contributed by atoms with van der Waals surface area (Å²) in [7, 11) is 0. The summed E-state index contributed by atoms with van der Waals surface area (Å²) in [5.41, 5.74) is 0. The van der Waals surface area contributed by atoms with E-state index < -0.39 is 12.3 Å². The van der Waals surface area contributed by atoms with E-state index in [1.54, 1.807) is 0 Å². The zero-order valence-corrected chi connectivity index (χ0v) is 6.55. The van der Waals surface area contributed by atoms with Gasteiger partial charge in [0.2, 0.25) is 11.8 Å². The summed E-state index contributed by atoms with van der Waals surface area (Å²) in [6, 6.07) is 0.988. The predicted octanol–water partition coefficient (Wildman–Crippen LogP) is -0.301. The molecule has 0 aliphatic heterocycles. The maximum Gasteiger partial charge on any atom is 0.512 e. The number of carboxylic acid groups (broad SMARTS) is 2. The Morgan fingerprint density at radius 1 is 1.29 bits per heavy atom. The van der Waals surface area contributed by atoms with Crippen LogP contribution in [-0.4, -0.2) is 38.2 Å². The average molecular weight is 206 g/mol. The van der Waals surface area contributed by atoms with Crippen molar-refractivity contribution in [2.45, 2.75) is 0 Å². The van der Waals surface area contributed by atoms with Gasteiger partial charge >= 0.3 is 12.3 Å². The van der Waals surface area contributed by atoms with E-state index in [2.05, 4.69) is 19.7 Å². The van der Waals surface area contributed by atoms with Gasteiger partial charge in [-0.25, -0.2) is 14.7 Å². The fraction of sp³-hybridized carbons (Fsp3) is 0. The highest BCUT2D eigenvalue weighted by Gasteiger charge is 2.08. The molecule has 78 valence electrons. The van der Waals surface area contributed by atoms with Gasteiger partial charge in [-0.15, -0.1) is 5.10 Å². The van der Waals surface area contributed by atoms with Crippen molar-refractivity contribution in [1.82, 2.24) is 10.2 Å². The Hall–Kier alpha value is -2.29. The quantitative estimate of drug-likeness (QED) is 0.561. The van der Waals surface area contributed by atoms with Crippen molar-refractivity contribution in [2.75, 3.05) is 0 Å². The fourth-order valence-corrected chi connectivity index (χ4v) is 0.575. The van der Waals surface area contributed by atoms with Crippen LogP contribution in [0.15, 0.2) is 6.07 Å². The Morgan fingerprint density at radius 2 is 1.86 bits per heavy atom. The van der Waals surface area contributed by atoms with Crippen LogP contribution in [0.3, 0.4) is 0 Å². The van der Waals surface area contributed by atoms with Crippen molar-refractivity contribution in [3.05, 3.63) is 6.07 Å². The minimum absolute atomic E-state index is 0. The number of hydrogen-bond donors (Lipinski definition) is 3. The normalized spacial score (nSPS) is 8.57. The Labute approximate surface area is 76.2 Å². The first-order valence-corrected chi connectivity index (χ1v) is 2.95. The molecule has 0 bridgehead atoms. The zero-order chi connectivity index (χ0) is 9.84.